The number of nitrogens with one attached hydrogen (secondary N) is 2. The molecule has 1 aliphatic rings. The van der Waals surface area contributed by atoms with Crippen LogP contribution in [0.1, 0.15) is 54.1 Å². The van der Waals surface area contributed by atoms with Crippen molar-refractivity contribution in [2.75, 3.05) is 10.2 Å². The van der Waals surface area contributed by atoms with Gasteiger partial charge in [-0.2, -0.15) is 0 Å². The molecule has 4 aromatic rings. The number of amides is 1. The second-order valence-corrected chi connectivity index (χ2v) is 10.9. The molecule has 0 radical (unpaired) electrons. The molecule has 39 heavy (non-hydrogen) atoms. The third kappa shape index (κ3) is 5.40. The maximum Gasteiger partial charge on any atom is 0.226 e. The fourth-order valence-electron chi connectivity index (χ4n) is 5.03. The molecule has 0 spiro atoms. The van der Waals surface area contributed by atoms with Crippen molar-refractivity contribution in [3.63, 3.8) is 0 Å². The van der Waals surface area contributed by atoms with Gasteiger partial charge in [-0.3, -0.25) is 14.8 Å². The van der Waals surface area contributed by atoms with Crippen LogP contribution in [0.3, 0.4) is 0 Å². The number of nitrogens with zero attached hydrogens (tertiary/aromatic N) is 4. The number of carbonyl (C=O) groups is 1. The van der Waals surface area contributed by atoms with Gasteiger partial charge in [0.1, 0.15) is 0 Å². The van der Waals surface area contributed by atoms with E-state index >= 15 is 0 Å². The van der Waals surface area contributed by atoms with Crippen LogP contribution in [0.4, 0.5) is 11.4 Å². The van der Waals surface area contributed by atoms with Gasteiger partial charge in [0.2, 0.25) is 5.91 Å². The lowest BCUT2D eigenvalue weighted by molar-refractivity contribution is -0.118. The first-order valence-electron chi connectivity index (χ1n) is 12.9. The maximum absolute atomic E-state index is 12.3. The van der Waals surface area contributed by atoms with Gasteiger partial charge in [-0.1, -0.05) is 37.6 Å². The van der Waals surface area contributed by atoms with Crippen molar-refractivity contribution in [2.45, 2.75) is 46.3 Å². The number of pyridine rings is 2. The molecule has 0 saturated carbocycles. The number of halogens is 1. The van der Waals surface area contributed by atoms with Crippen molar-refractivity contribution >= 4 is 46.2 Å². The lowest BCUT2D eigenvalue weighted by Gasteiger charge is -2.28. The third-order valence-corrected chi connectivity index (χ3v) is 7.73. The average Bonchev–Trinajstić information content (AvgIpc) is 3.41. The second-order valence-electron chi connectivity index (χ2n) is 10.1. The smallest absolute Gasteiger partial charge is 0.226 e. The molecule has 7 nitrogen and oxygen atoms in total. The topological polar surface area (TPSA) is 75.1 Å². The largest absolute Gasteiger partial charge is 0.351 e. The first-order chi connectivity index (χ1) is 18.7. The quantitative estimate of drug-likeness (QED) is 0.257. The number of thiocarbonyl (C=S) groups is 1. The molecule has 2 N–H and O–H groups in total. The van der Waals surface area contributed by atoms with E-state index < -0.39 is 0 Å². The average molecular weight is 559 g/mol. The summed E-state index contributed by atoms with van der Waals surface area (Å²) in [5, 5.41) is 7.46. The Bertz CT molecular complexity index is 1500. The molecule has 1 fully saturated rings. The van der Waals surface area contributed by atoms with E-state index in [0.717, 1.165) is 40.4 Å². The number of aromatic nitrogens is 3. The number of benzene rings is 1. The van der Waals surface area contributed by atoms with Gasteiger partial charge in [-0.05, 0) is 79.7 Å². The Morgan fingerprint density at radius 1 is 1.13 bits per heavy atom. The van der Waals surface area contributed by atoms with E-state index in [1.165, 1.54) is 0 Å². The zero-order valence-electron chi connectivity index (χ0n) is 22.4. The molecule has 1 saturated heterocycles. The number of hydrogen-bond acceptors (Lipinski definition) is 4. The van der Waals surface area contributed by atoms with Gasteiger partial charge in [0.15, 0.2) is 5.11 Å². The molecule has 2 atom stereocenters. The monoisotopic (exact) mass is 558 g/mol. The molecule has 0 bridgehead atoms. The van der Waals surface area contributed by atoms with Gasteiger partial charge in [-0.25, -0.2) is 0 Å². The highest BCUT2D eigenvalue weighted by Gasteiger charge is 2.42. The molecule has 1 aliphatic heterocycles. The predicted molar refractivity (Wildman–Crippen MR) is 160 cm³/mol. The van der Waals surface area contributed by atoms with Crippen LogP contribution in [-0.2, 0) is 11.3 Å². The molecular formula is C30H31ClN6OS. The van der Waals surface area contributed by atoms with E-state index in [4.69, 9.17) is 23.8 Å². The van der Waals surface area contributed by atoms with E-state index in [9.17, 15) is 4.79 Å². The zero-order valence-corrected chi connectivity index (χ0v) is 23.9. The fraction of sp³-hybridized carbons (Fsp3) is 0.267. The van der Waals surface area contributed by atoms with Crippen molar-refractivity contribution in [1.82, 2.24) is 19.9 Å². The second kappa shape index (κ2) is 11.2. The summed E-state index contributed by atoms with van der Waals surface area (Å²) in [5.74, 6) is -0.237. The molecule has 2 unspecified atom stereocenters. The van der Waals surface area contributed by atoms with E-state index in [1.54, 1.807) is 12.4 Å². The summed E-state index contributed by atoms with van der Waals surface area (Å²) in [7, 11) is 0. The standard InChI is InChI=1S/C30H31ClN6OS/c1-18(2)29(38)34-25-11-10-22(15-24(25)31)37-28(27(35-30(37)39)26-9-5-6-13-33-26)23-14-19(3)36(20(23)4)17-21-8-7-12-32-16-21/h5-16,18,27-28H,17H2,1-4H3,(H,34,38)(H,35,39). The summed E-state index contributed by atoms with van der Waals surface area (Å²) < 4.78 is 2.30. The lowest BCUT2D eigenvalue weighted by atomic mass is 9.96. The molecule has 4 heterocycles. The fourth-order valence-corrected chi connectivity index (χ4v) is 5.59. The summed E-state index contributed by atoms with van der Waals surface area (Å²) in [4.78, 5) is 23.3. The first kappa shape index (κ1) is 26.8. The molecule has 5 rings (SSSR count). The Morgan fingerprint density at radius 3 is 2.62 bits per heavy atom. The van der Waals surface area contributed by atoms with Gasteiger partial charge in [-0.15, -0.1) is 0 Å². The predicted octanol–water partition coefficient (Wildman–Crippen LogP) is 6.37. The maximum atomic E-state index is 12.3. The van der Waals surface area contributed by atoms with E-state index in [0.29, 0.717) is 15.8 Å². The SMILES string of the molecule is Cc1cc(C2C(c3ccccn3)NC(=S)N2c2ccc(NC(=O)C(C)C)c(Cl)c2)c(C)n1Cc1cccnc1. The van der Waals surface area contributed by atoms with Gasteiger partial charge in [0.25, 0.3) is 0 Å². The highest BCUT2D eigenvalue weighted by atomic mass is 35.5. The first-order valence-corrected chi connectivity index (χ1v) is 13.7. The van der Waals surface area contributed by atoms with E-state index in [-0.39, 0.29) is 23.9 Å². The highest BCUT2D eigenvalue weighted by Crippen LogP contribution is 2.44. The normalized spacial score (nSPS) is 17.0. The number of hydrogen-bond donors (Lipinski definition) is 2. The van der Waals surface area contributed by atoms with Crippen LogP contribution in [0.2, 0.25) is 5.02 Å². The third-order valence-electron chi connectivity index (χ3n) is 7.11. The Hall–Kier alpha value is -3.75. The number of anilines is 2. The Morgan fingerprint density at radius 2 is 1.95 bits per heavy atom. The van der Waals surface area contributed by atoms with Crippen molar-refractivity contribution < 1.29 is 4.79 Å². The molecule has 200 valence electrons. The van der Waals surface area contributed by atoms with Gasteiger partial charge >= 0.3 is 0 Å². The minimum Gasteiger partial charge on any atom is -0.351 e. The Labute approximate surface area is 239 Å². The van der Waals surface area contributed by atoms with Crippen molar-refractivity contribution in [1.29, 1.82) is 0 Å². The van der Waals surface area contributed by atoms with Gasteiger partial charge in [0, 0.05) is 48.1 Å². The molecule has 0 aliphatic carbocycles. The van der Waals surface area contributed by atoms with Gasteiger partial charge in [0.05, 0.1) is 28.5 Å². The van der Waals surface area contributed by atoms with E-state index in [2.05, 4.69) is 56.0 Å². The number of carbonyl (C=O) groups excluding carboxylic acids is 1. The summed E-state index contributed by atoms with van der Waals surface area (Å²) in [6.45, 7) is 8.68. The highest BCUT2D eigenvalue weighted by molar-refractivity contribution is 7.80. The Kier molecular flexibility index (Phi) is 7.68. The lowest BCUT2D eigenvalue weighted by Crippen LogP contribution is -2.29. The van der Waals surface area contributed by atoms with Crippen molar-refractivity contribution in [2.24, 2.45) is 5.92 Å². The molecule has 3 aromatic heterocycles. The van der Waals surface area contributed by atoms with Crippen LogP contribution in [0.25, 0.3) is 0 Å². The number of aryl methyl sites for hydroxylation is 1. The summed E-state index contributed by atoms with van der Waals surface area (Å²) in [6.07, 6.45) is 5.49. The zero-order chi connectivity index (χ0) is 27.7. The minimum atomic E-state index is -0.176. The van der Waals surface area contributed by atoms with Crippen LogP contribution in [0.5, 0.6) is 0 Å². The van der Waals surface area contributed by atoms with Crippen LogP contribution < -0.4 is 15.5 Å². The van der Waals surface area contributed by atoms with Crippen LogP contribution in [0, 0.1) is 19.8 Å². The van der Waals surface area contributed by atoms with E-state index in [1.807, 2.05) is 62.5 Å². The summed E-state index contributed by atoms with van der Waals surface area (Å²) in [5.41, 5.74) is 6.88. The van der Waals surface area contributed by atoms with Gasteiger partial charge < -0.3 is 20.1 Å². The van der Waals surface area contributed by atoms with Crippen LogP contribution in [0.15, 0.2) is 73.2 Å². The summed E-state index contributed by atoms with van der Waals surface area (Å²) in [6, 6.07) is 17.5. The van der Waals surface area contributed by atoms with Crippen LogP contribution in [-0.4, -0.2) is 25.6 Å². The van der Waals surface area contributed by atoms with Crippen molar-refractivity contribution in [3.05, 3.63) is 106 Å². The molecule has 1 aromatic carbocycles. The minimum absolute atomic E-state index is 0.0860. The molecular weight excluding hydrogens is 528 g/mol. The van der Waals surface area contributed by atoms with Crippen molar-refractivity contribution in [3.8, 4) is 0 Å². The van der Waals surface area contributed by atoms with Crippen LogP contribution >= 0.6 is 23.8 Å². The summed E-state index contributed by atoms with van der Waals surface area (Å²) >= 11 is 12.6. The number of rotatable bonds is 7. The molecule has 1 amide bonds. The Balaban J connectivity index is 1.57. The molecule has 9 heteroatoms.